The van der Waals surface area contributed by atoms with Crippen molar-refractivity contribution >= 4 is 40.6 Å². The van der Waals surface area contributed by atoms with Crippen molar-refractivity contribution in [3.05, 3.63) is 51.6 Å². The van der Waals surface area contributed by atoms with Crippen molar-refractivity contribution in [2.45, 2.75) is 19.3 Å². The molecule has 2 aliphatic rings. The summed E-state index contributed by atoms with van der Waals surface area (Å²) in [4.78, 5) is 24.6. The maximum atomic E-state index is 13.3. The van der Waals surface area contributed by atoms with Gasteiger partial charge < -0.3 is 20.0 Å². The molecule has 1 saturated heterocycles. The molecular weight excluding hydrogens is 433 g/mol. The first kappa shape index (κ1) is 22.3. The van der Waals surface area contributed by atoms with E-state index in [4.69, 9.17) is 23.2 Å². The van der Waals surface area contributed by atoms with Gasteiger partial charge in [-0.15, -0.1) is 0 Å². The molecule has 1 fully saturated rings. The minimum absolute atomic E-state index is 0.102. The molecule has 1 N–H and O–H groups in total. The highest BCUT2D eigenvalue weighted by molar-refractivity contribution is 6.42. The van der Waals surface area contributed by atoms with E-state index in [1.54, 1.807) is 18.3 Å². The zero-order valence-corrected chi connectivity index (χ0v) is 19.4. The molecule has 0 atom stereocenters. The fourth-order valence-corrected chi connectivity index (χ4v) is 4.55. The Balaban J connectivity index is 1.42. The summed E-state index contributed by atoms with van der Waals surface area (Å²) in [7, 11) is 2.17. The number of nitrogens with one attached hydrogen (secondary N) is 1. The topological polar surface area (TPSA) is 51.7 Å². The van der Waals surface area contributed by atoms with Crippen LogP contribution < -0.4 is 5.32 Å². The van der Waals surface area contributed by atoms with Crippen LogP contribution in [0.25, 0.3) is 0 Å². The Hall–Kier alpha value is -1.86. The molecule has 1 aromatic heterocycles. The second-order valence-corrected chi connectivity index (χ2v) is 9.15. The molecule has 3 heterocycles. The van der Waals surface area contributed by atoms with Crippen LogP contribution in [0.15, 0.2) is 30.5 Å². The van der Waals surface area contributed by atoms with E-state index in [9.17, 15) is 4.79 Å². The predicted octanol–water partition coefficient (Wildman–Crippen LogP) is 4.16. The van der Waals surface area contributed by atoms with E-state index in [0.717, 1.165) is 81.9 Å². The van der Waals surface area contributed by atoms with Gasteiger partial charge in [-0.2, -0.15) is 0 Å². The number of rotatable bonds is 6. The van der Waals surface area contributed by atoms with Gasteiger partial charge in [0.1, 0.15) is 5.82 Å². The number of anilines is 2. The maximum Gasteiger partial charge on any atom is 0.254 e. The van der Waals surface area contributed by atoms with Gasteiger partial charge >= 0.3 is 0 Å². The molecule has 0 saturated carbocycles. The van der Waals surface area contributed by atoms with Crippen LogP contribution in [-0.4, -0.2) is 78.5 Å². The van der Waals surface area contributed by atoms with E-state index in [1.807, 2.05) is 17.0 Å². The van der Waals surface area contributed by atoms with Crippen LogP contribution in [0, 0.1) is 0 Å². The van der Waals surface area contributed by atoms with Gasteiger partial charge in [-0.1, -0.05) is 23.2 Å². The average Bonchev–Trinajstić information content (AvgIpc) is 2.92. The lowest BCUT2D eigenvalue weighted by molar-refractivity contribution is 0.0747. The van der Waals surface area contributed by atoms with Gasteiger partial charge in [0, 0.05) is 62.3 Å². The second kappa shape index (κ2) is 10.2. The van der Waals surface area contributed by atoms with Crippen molar-refractivity contribution in [1.82, 2.24) is 19.7 Å². The third kappa shape index (κ3) is 5.50. The fraction of sp³-hybridized carbons (Fsp3) is 0.478. The minimum atomic E-state index is 0.102. The van der Waals surface area contributed by atoms with Crippen molar-refractivity contribution in [3.63, 3.8) is 0 Å². The van der Waals surface area contributed by atoms with Gasteiger partial charge in [0.2, 0.25) is 0 Å². The number of halogens is 2. The second-order valence-electron chi connectivity index (χ2n) is 8.33. The molecule has 0 unspecified atom stereocenters. The first-order valence-electron chi connectivity index (χ1n) is 10.9. The van der Waals surface area contributed by atoms with Gasteiger partial charge in [0.15, 0.2) is 0 Å². The number of carbonyl (C=O) groups excluding carboxylic acids is 1. The summed E-state index contributed by atoms with van der Waals surface area (Å²) in [5.74, 6) is 0.814. The Morgan fingerprint density at radius 1 is 1.03 bits per heavy atom. The van der Waals surface area contributed by atoms with E-state index in [0.29, 0.717) is 15.9 Å². The Kier molecular flexibility index (Phi) is 7.33. The third-order valence-corrected chi connectivity index (χ3v) is 6.85. The zero-order chi connectivity index (χ0) is 21.8. The van der Waals surface area contributed by atoms with E-state index < -0.39 is 0 Å². The Labute approximate surface area is 194 Å². The van der Waals surface area contributed by atoms with Crippen molar-refractivity contribution in [1.29, 1.82) is 0 Å². The number of hydrogen-bond donors (Lipinski definition) is 1. The Morgan fingerprint density at radius 3 is 2.61 bits per heavy atom. The van der Waals surface area contributed by atoms with Gasteiger partial charge in [0.05, 0.1) is 10.0 Å². The molecule has 31 heavy (non-hydrogen) atoms. The molecule has 0 aliphatic carbocycles. The number of likely N-dealkylation sites (N-methyl/N-ethyl adjacent to an activating group) is 1. The molecule has 0 radical (unpaired) electrons. The first-order chi connectivity index (χ1) is 15.0. The highest BCUT2D eigenvalue weighted by Gasteiger charge is 2.25. The summed E-state index contributed by atoms with van der Waals surface area (Å²) in [6.07, 6.45) is 4.44. The molecule has 4 rings (SSSR count). The summed E-state index contributed by atoms with van der Waals surface area (Å²) < 4.78 is 0. The molecule has 8 heteroatoms. The summed E-state index contributed by atoms with van der Waals surface area (Å²) in [6.45, 7) is 7.09. The molecule has 1 aromatic carbocycles. The van der Waals surface area contributed by atoms with Gasteiger partial charge in [-0.25, -0.2) is 4.98 Å². The van der Waals surface area contributed by atoms with Crippen molar-refractivity contribution < 1.29 is 4.79 Å². The molecule has 1 amide bonds. The molecule has 166 valence electrons. The molecule has 6 nitrogen and oxygen atoms in total. The molecule has 2 aliphatic heterocycles. The number of amides is 1. The standard InChI is InChI=1S/C23H29Cl2N5O/c1-28-12-14-29(15-13-28)9-3-11-30-10-2-4-18-19(23(30)31)7-8-26-22(18)27-17-5-6-20(24)21(25)16-17/h5-8,16H,2-4,9-15H2,1H3,(H,26,27). The highest BCUT2D eigenvalue weighted by atomic mass is 35.5. The van der Waals surface area contributed by atoms with Crippen LogP contribution in [0.3, 0.4) is 0 Å². The van der Waals surface area contributed by atoms with Gasteiger partial charge in [-0.05, 0) is 57.1 Å². The SMILES string of the molecule is CN1CCN(CCCN2CCCc3c(ccnc3Nc3ccc(Cl)c(Cl)c3)C2=O)CC1. The van der Waals surface area contributed by atoms with E-state index >= 15 is 0 Å². The number of aromatic nitrogens is 1. The van der Waals surface area contributed by atoms with Crippen LogP contribution in [0.2, 0.25) is 10.0 Å². The molecule has 0 bridgehead atoms. The predicted molar refractivity (Wildman–Crippen MR) is 127 cm³/mol. The molecule has 2 aromatic rings. The summed E-state index contributed by atoms with van der Waals surface area (Å²) in [5.41, 5.74) is 2.52. The highest BCUT2D eigenvalue weighted by Crippen LogP contribution is 2.30. The number of nitrogens with zero attached hydrogens (tertiary/aromatic N) is 4. The third-order valence-electron chi connectivity index (χ3n) is 6.11. The monoisotopic (exact) mass is 461 g/mol. The smallest absolute Gasteiger partial charge is 0.254 e. The Morgan fingerprint density at radius 2 is 1.84 bits per heavy atom. The number of carbonyl (C=O) groups is 1. The maximum absolute atomic E-state index is 13.3. The Bertz CT molecular complexity index is 930. The number of hydrogen-bond acceptors (Lipinski definition) is 5. The van der Waals surface area contributed by atoms with Crippen molar-refractivity contribution in [2.24, 2.45) is 0 Å². The van der Waals surface area contributed by atoms with E-state index in [2.05, 4.69) is 27.1 Å². The number of pyridine rings is 1. The van der Waals surface area contributed by atoms with E-state index in [1.165, 1.54) is 0 Å². The lowest BCUT2D eigenvalue weighted by Gasteiger charge is -2.32. The molecule has 0 spiro atoms. The van der Waals surface area contributed by atoms with Crippen molar-refractivity contribution in [2.75, 3.05) is 58.2 Å². The number of benzene rings is 1. The van der Waals surface area contributed by atoms with Crippen LogP contribution >= 0.6 is 23.2 Å². The fourth-order valence-electron chi connectivity index (χ4n) is 4.25. The number of piperazine rings is 1. The van der Waals surface area contributed by atoms with Crippen molar-refractivity contribution in [3.8, 4) is 0 Å². The van der Waals surface area contributed by atoms with Gasteiger partial charge in [0.25, 0.3) is 5.91 Å². The minimum Gasteiger partial charge on any atom is -0.340 e. The van der Waals surface area contributed by atoms with Crippen LogP contribution in [0.1, 0.15) is 28.8 Å². The largest absolute Gasteiger partial charge is 0.340 e. The van der Waals surface area contributed by atoms with Crippen LogP contribution in [0.4, 0.5) is 11.5 Å². The zero-order valence-electron chi connectivity index (χ0n) is 17.9. The van der Waals surface area contributed by atoms with Crippen LogP contribution in [-0.2, 0) is 6.42 Å². The summed E-state index contributed by atoms with van der Waals surface area (Å²) >= 11 is 12.2. The summed E-state index contributed by atoms with van der Waals surface area (Å²) in [6, 6.07) is 7.23. The van der Waals surface area contributed by atoms with Crippen LogP contribution in [0.5, 0.6) is 0 Å². The molecular formula is C23H29Cl2N5O. The lowest BCUT2D eigenvalue weighted by atomic mass is 10.0. The average molecular weight is 462 g/mol. The van der Waals surface area contributed by atoms with Gasteiger partial charge in [-0.3, -0.25) is 4.79 Å². The normalized spacial score (nSPS) is 18.0. The number of fused-ring (bicyclic) bond motifs is 1. The summed E-state index contributed by atoms with van der Waals surface area (Å²) in [5, 5.41) is 4.31. The first-order valence-corrected chi connectivity index (χ1v) is 11.7. The lowest BCUT2D eigenvalue weighted by Crippen LogP contribution is -2.45. The van der Waals surface area contributed by atoms with E-state index in [-0.39, 0.29) is 5.91 Å². The quantitative estimate of drug-likeness (QED) is 0.699.